The minimum atomic E-state index is 0.225. The van der Waals surface area contributed by atoms with Crippen LogP contribution >= 0.6 is 22.7 Å². The summed E-state index contributed by atoms with van der Waals surface area (Å²) in [6, 6.07) is 20.8. The second kappa shape index (κ2) is 15.4. The maximum absolute atomic E-state index is 12.8. The number of anilines is 2. The molecule has 0 aliphatic carbocycles. The molecule has 0 radical (unpaired) electrons. The van der Waals surface area contributed by atoms with E-state index in [1.807, 2.05) is 70.5 Å². The Morgan fingerprint density at radius 2 is 1.00 bits per heavy atom. The molecule has 2 saturated heterocycles. The van der Waals surface area contributed by atoms with Gasteiger partial charge in [0.25, 0.3) is 0 Å². The number of nitrogens with zero attached hydrogens (tertiary/aromatic N) is 6. The molecule has 0 unspecified atom stereocenters. The molecular weight excluding hydrogens is 605 g/mol. The largest absolute Gasteiger partial charge is 0.357 e. The summed E-state index contributed by atoms with van der Waals surface area (Å²) in [5, 5.41) is 27.8. The lowest BCUT2D eigenvalue weighted by Crippen LogP contribution is -2.42. The van der Waals surface area contributed by atoms with Gasteiger partial charge in [-0.05, 0) is 38.5 Å². The zero-order valence-electron chi connectivity index (χ0n) is 25.4. The molecule has 6 rings (SSSR count). The molecule has 0 atom stereocenters. The Morgan fingerprint density at radius 3 is 1.40 bits per heavy atom. The van der Waals surface area contributed by atoms with Crippen molar-refractivity contribution in [3.05, 3.63) is 60.7 Å². The number of rotatable bonds is 12. The minimum Gasteiger partial charge on any atom is -0.357 e. The molecule has 2 aliphatic heterocycles. The van der Waals surface area contributed by atoms with E-state index in [-0.39, 0.29) is 11.8 Å². The average Bonchev–Trinajstić information content (AvgIpc) is 3.76. The third-order valence-electron chi connectivity index (χ3n) is 8.52. The van der Waals surface area contributed by atoms with Crippen LogP contribution in [0.2, 0.25) is 0 Å². The summed E-state index contributed by atoms with van der Waals surface area (Å²) in [5.74, 6) is 0.450. The van der Waals surface area contributed by atoms with Gasteiger partial charge in [0.15, 0.2) is 0 Å². The van der Waals surface area contributed by atoms with Crippen molar-refractivity contribution >= 4 is 44.8 Å². The number of hydrogen-bond donors (Lipinski definition) is 2. The van der Waals surface area contributed by atoms with Crippen molar-refractivity contribution in [3.63, 3.8) is 0 Å². The molecule has 2 aliphatic rings. The normalized spacial score (nSPS) is 16.1. The van der Waals surface area contributed by atoms with Gasteiger partial charge in [-0.15, -0.1) is 20.4 Å². The number of aromatic nitrogens is 4. The van der Waals surface area contributed by atoms with Crippen LogP contribution in [0.15, 0.2) is 60.7 Å². The molecule has 2 aromatic carbocycles. The van der Waals surface area contributed by atoms with E-state index in [1.54, 1.807) is 22.7 Å². The van der Waals surface area contributed by atoms with Crippen LogP contribution in [-0.4, -0.2) is 80.3 Å². The van der Waals surface area contributed by atoms with Crippen molar-refractivity contribution in [2.45, 2.75) is 69.9 Å². The van der Waals surface area contributed by atoms with Crippen molar-refractivity contribution in [2.24, 2.45) is 0 Å². The fourth-order valence-corrected chi connectivity index (χ4v) is 7.55. The summed E-state index contributed by atoms with van der Waals surface area (Å²) in [6.07, 6.45) is 7.28. The number of nitrogens with one attached hydrogen (secondary N) is 2. The molecule has 4 heterocycles. The average molecular weight is 645 g/mol. The van der Waals surface area contributed by atoms with Gasteiger partial charge in [0.05, 0.1) is 0 Å². The number of carbonyl (C=O) groups is 2. The highest BCUT2D eigenvalue weighted by atomic mass is 32.1. The number of likely N-dealkylation sites (tertiary alicyclic amines) is 2. The van der Waals surface area contributed by atoms with Crippen LogP contribution < -0.4 is 10.6 Å². The van der Waals surface area contributed by atoms with Crippen molar-refractivity contribution in [3.8, 4) is 21.1 Å². The van der Waals surface area contributed by atoms with Crippen LogP contribution in [0.5, 0.6) is 0 Å². The predicted octanol–water partition coefficient (Wildman–Crippen LogP) is 6.18. The molecule has 0 bridgehead atoms. The molecule has 45 heavy (non-hydrogen) atoms. The van der Waals surface area contributed by atoms with Crippen molar-refractivity contribution in [2.75, 3.05) is 36.8 Å². The highest BCUT2D eigenvalue weighted by molar-refractivity contribution is 7.18. The van der Waals surface area contributed by atoms with Crippen molar-refractivity contribution in [1.82, 2.24) is 30.2 Å². The fraction of sp³-hybridized carbons (Fsp3) is 0.455. The molecule has 2 amide bonds. The molecule has 12 heteroatoms. The van der Waals surface area contributed by atoms with E-state index in [9.17, 15) is 9.59 Å². The van der Waals surface area contributed by atoms with Gasteiger partial charge < -0.3 is 20.4 Å². The maximum atomic E-state index is 12.8. The molecule has 2 N–H and O–H groups in total. The van der Waals surface area contributed by atoms with E-state index >= 15 is 0 Å². The van der Waals surface area contributed by atoms with Gasteiger partial charge in [-0.1, -0.05) is 89.8 Å². The second-order valence-corrected chi connectivity index (χ2v) is 13.7. The van der Waals surface area contributed by atoms with Crippen LogP contribution in [0.4, 0.5) is 10.3 Å². The zero-order chi connectivity index (χ0) is 30.8. The summed E-state index contributed by atoms with van der Waals surface area (Å²) in [6.45, 7) is 3.05. The third kappa shape index (κ3) is 8.64. The van der Waals surface area contributed by atoms with Crippen LogP contribution in [0.25, 0.3) is 21.1 Å². The summed E-state index contributed by atoms with van der Waals surface area (Å²) < 4.78 is 0. The number of amides is 2. The molecular formula is C33H40N8O2S2. The van der Waals surface area contributed by atoms with E-state index in [4.69, 9.17) is 0 Å². The molecule has 236 valence electrons. The number of piperidine rings is 2. The minimum absolute atomic E-state index is 0.225. The number of unbranched alkanes of at least 4 members (excludes halogenated alkanes) is 2. The van der Waals surface area contributed by atoms with Crippen LogP contribution in [-0.2, 0) is 9.59 Å². The molecule has 10 nitrogen and oxygen atoms in total. The summed E-state index contributed by atoms with van der Waals surface area (Å²) in [4.78, 5) is 29.6. The Bertz CT molecular complexity index is 1400. The van der Waals surface area contributed by atoms with E-state index in [2.05, 4.69) is 31.0 Å². The van der Waals surface area contributed by atoms with E-state index in [0.29, 0.717) is 24.9 Å². The van der Waals surface area contributed by atoms with Gasteiger partial charge in [0.1, 0.15) is 10.0 Å². The van der Waals surface area contributed by atoms with Gasteiger partial charge in [0, 0.05) is 62.2 Å². The topological polar surface area (TPSA) is 116 Å². The lowest BCUT2D eigenvalue weighted by atomic mass is 10.0. The Morgan fingerprint density at radius 1 is 0.600 bits per heavy atom. The zero-order valence-corrected chi connectivity index (χ0v) is 27.1. The Hall–Kier alpha value is -3.90. The van der Waals surface area contributed by atoms with Crippen LogP contribution in [0.3, 0.4) is 0 Å². The molecule has 2 aromatic heterocycles. The summed E-state index contributed by atoms with van der Waals surface area (Å²) in [5.41, 5.74) is 2.15. The second-order valence-electron chi connectivity index (χ2n) is 11.7. The van der Waals surface area contributed by atoms with Gasteiger partial charge in [-0.25, -0.2) is 0 Å². The van der Waals surface area contributed by atoms with Crippen LogP contribution in [0, 0.1) is 0 Å². The molecule has 4 aromatic rings. The van der Waals surface area contributed by atoms with Gasteiger partial charge in [-0.2, -0.15) is 0 Å². The monoisotopic (exact) mass is 644 g/mol. The first-order valence-corrected chi connectivity index (χ1v) is 17.6. The van der Waals surface area contributed by atoms with Gasteiger partial charge in [-0.3, -0.25) is 9.59 Å². The first kappa shape index (κ1) is 31.1. The van der Waals surface area contributed by atoms with Crippen molar-refractivity contribution in [1.29, 1.82) is 0 Å². The standard InChI is InChI=1S/C33H40N8O2S2/c42-28(40-20-16-26(17-21-40)34-32-38-36-30(44-32)24-10-4-1-5-11-24)14-8-3-9-15-29(43)41-22-18-27(19-23-41)35-33-39-37-31(45-33)25-12-6-2-7-13-25/h1-2,4-7,10-13,26-27H,3,8-9,14-23H2,(H,34,38)(H,35,39). The molecule has 0 saturated carbocycles. The Balaban J connectivity index is 0.819. The summed E-state index contributed by atoms with van der Waals surface area (Å²) in [7, 11) is 0. The SMILES string of the molecule is O=C(CCCCCC(=O)N1CCC(Nc2nnc(-c3ccccc3)s2)CC1)N1CCC(Nc2nnc(-c3ccccc3)s2)CC1. The predicted molar refractivity (Wildman–Crippen MR) is 180 cm³/mol. The maximum Gasteiger partial charge on any atom is 0.222 e. The lowest BCUT2D eigenvalue weighted by Gasteiger charge is -2.32. The van der Waals surface area contributed by atoms with Crippen molar-refractivity contribution < 1.29 is 9.59 Å². The van der Waals surface area contributed by atoms with E-state index < -0.39 is 0 Å². The fourth-order valence-electron chi connectivity index (χ4n) is 5.90. The van der Waals surface area contributed by atoms with Gasteiger partial charge >= 0.3 is 0 Å². The number of carbonyl (C=O) groups excluding carboxylic acids is 2. The summed E-state index contributed by atoms with van der Waals surface area (Å²) >= 11 is 3.13. The Labute approximate surface area is 272 Å². The first-order valence-electron chi connectivity index (χ1n) is 16.0. The van der Waals surface area contributed by atoms with Crippen LogP contribution in [0.1, 0.15) is 57.8 Å². The number of hydrogen-bond acceptors (Lipinski definition) is 10. The third-order valence-corrected chi connectivity index (χ3v) is 10.3. The highest BCUT2D eigenvalue weighted by Crippen LogP contribution is 2.29. The smallest absolute Gasteiger partial charge is 0.222 e. The Kier molecular flexibility index (Phi) is 10.6. The first-order chi connectivity index (χ1) is 22.1. The van der Waals surface area contributed by atoms with E-state index in [1.165, 1.54) is 0 Å². The number of benzene rings is 2. The lowest BCUT2D eigenvalue weighted by molar-refractivity contribution is -0.132. The van der Waals surface area contributed by atoms with E-state index in [0.717, 1.165) is 103 Å². The quantitative estimate of drug-likeness (QED) is 0.176. The highest BCUT2D eigenvalue weighted by Gasteiger charge is 2.25. The molecule has 0 spiro atoms. The van der Waals surface area contributed by atoms with Gasteiger partial charge in [0.2, 0.25) is 22.1 Å². The molecule has 2 fully saturated rings.